The molecular weight excluding hydrogens is 218 g/mol. The van der Waals surface area contributed by atoms with Crippen molar-refractivity contribution >= 4 is 5.91 Å². The van der Waals surface area contributed by atoms with Gasteiger partial charge in [0.2, 0.25) is 5.91 Å². The van der Waals surface area contributed by atoms with Gasteiger partial charge in [-0.3, -0.25) is 4.79 Å². The minimum atomic E-state index is -0.157. The van der Waals surface area contributed by atoms with E-state index in [4.69, 9.17) is 4.74 Å². The molecule has 2 unspecified atom stereocenters. The summed E-state index contributed by atoms with van der Waals surface area (Å²) in [6, 6.07) is -0.157. The largest absolute Gasteiger partial charge is 0.378 e. The van der Waals surface area contributed by atoms with Gasteiger partial charge in [-0.05, 0) is 32.4 Å². The summed E-state index contributed by atoms with van der Waals surface area (Å²) in [6.45, 7) is 5.12. The van der Waals surface area contributed by atoms with Crippen LogP contribution in [0.3, 0.4) is 0 Å². The van der Waals surface area contributed by atoms with Crippen LogP contribution < -0.4 is 10.6 Å². The Hall–Kier alpha value is -0.650. The molecule has 5 nitrogen and oxygen atoms in total. The van der Waals surface area contributed by atoms with Crippen LogP contribution >= 0.6 is 0 Å². The molecule has 2 aliphatic heterocycles. The van der Waals surface area contributed by atoms with E-state index in [1.165, 1.54) is 19.5 Å². The summed E-state index contributed by atoms with van der Waals surface area (Å²) in [7, 11) is 2.15. The molecule has 2 atom stereocenters. The van der Waals surface area contributed by atoms with Crippen molar-refractivity contribution in [1.82, 2.24) is 15.5 Å². The number of amides is 1. The van der Waals surface area contributed by atoms with Crippen molar-refractivity contribution in [1.29, 1.82) is 0 Å². The zero-order valence-corrected chi connectivity index (χ0v) is 10.6. The molecule has 0 aromatic carbocycles. The molecule has 0 spiro atoms. The smallest absolute Gasteiger partial charge is 0.239 e. The Labute approximate surface area is 103 Å². The van der Waals surface area contributed by atoms with E-state index in [0.717, 1.165) is 25.4 Å². The summed E-state index contributed by atoms with van der Waals surface area (Å²) in [6.07, 6.45) is 2.35. The van der Waals surface area contributed by atoms with Gasteiger partial charge in [-0.15, -0.1) is 0 Å². The van der Waals surface area contributed by atoms with Crippen molar-refractivity contribution in [2.45, 2.75) is 18.9 Å². The molecule has 2 fully saturated rings. The highest BCUT2D eigenvalue weighted by Crippen LogP contribution is 2.16. The molecule has 17 heavy (non-hydrogen) atoms. The second-order valence-electron chi connectivity index (χ2n) is 5.08. The molecule has 0 bridgehead atoms. The van der Waals surface area contributed by atoms with E-state index in [-0.39, 0.29) is 11.9 Å². The van der Waals surface area contributed by atoms with Gasteiger partial charge in [-0.1, -0.05) is 0 Å². The second-order valence-corrected chi connectivity index (χ2v) is 5.08. The van der Waals surface area contributed by atoms with Crippen molar-refractivity contribution < 1.29 is 9.53 Å². The molecule has 0 aromatic rings. The van der Waals surface area contributed by atoms with Crippen LogP contribution in [-0.2, 0) is 9.53 Å². The van der Waals surface area contributed by atoms with Gasteiger partial charge in [0.25, 0.3) is 0 Å². The molecule has 0 aliphatic carbocycles. The first-order valence-corrected chi connectivity index (χ1v) is 6.53. The van der Waals surface area contributed by atoms with E-state index in [0.29, 0.717) is 13.2 Å². The number of rotatable bonds is 4. The number of morpholine rings is 1. The third-order valence-corrected chi connectivity index (χ3v) is 3.58. The summed E-state index contributed by atoms with van der Waals surface area (Å²) in [4.78, 5) is 14.1. The van der Waals surface area contributed by atoms with Crippen molar-refractivity contribution in [2.75, 3.05) is 46.4 Å². The SMILES string of the molecule is CN1CCC(CCNC(=O)C2COCCN2)C1. The molecule has 2 saturated heterocycles. The van der Waals surface area contributed by atoms with Crippen LogP contribution in [0.5, 0.6) is 0 Å². The van der Waals surface area contributed by atoms with Gasteiger partial charge in [0, 0.05) is 19.6 Å². The van der Waals surface area contributed by atoms with Gasteiger partial charge < -0.3 is 20.3 Å². The van der Waals surface area contributed by atoms with Crippen LogP contribution in [0.15, 0.2) is 0 Å². The zero-order chi connectivity index (χ0) is 12.1. The molecule has 0 saturated carbocycles. The molecule has 1 amide bonds. The van der Waals surface area contributed by atoms with Crippen LogP contribution in [0, 0.1) is 5.92 Å². The Bertz CT molecular complexity index is 254. The van der Waals surface area contributed by atoms with E-state index in [9.17, 15) is 4.79 Å². The van der Waals surface area contributed by atoms with Crippen LogP contribution in [-0.4, -0.2) is 63.3 Å². The molecule has 2 N–H and O–H groups in total. The van der Waals surface area contributed by atoms with Gasteiger partial charge in [0.15, 0.2) is 0 Å². The molecule has 5 heteroatoms. The van der Waals surface area contributed by atoms with Gasteiger partial charge in [-0.2, -0.15) is 0 Å². The minimum absolute atomic E-state index is 0.0797. The molecule has 2 rings (SSSR count). The number of hydrogen-bond donors (Lipinski definition) is 2. The second kappa shape index (κ2) is 6.33. The van der Waals surface area contributed by atoms with E-state index >= 15 is 0 Å². The lowest BCUT2D eigenvalue weighted by atomic mass is 10.1. The van der Waals surface area contributed by atoms with E-state index < -0.39 is 0 Å². The van der Waals surface area contributed by atoms with Gasteiger partial charge in [0.1, 0.15) is 6.04 Å². The fourth-order valence-corrected chi connectivity index (χ4v) is 2.52. The third kappa shape index (κ3) is 3.94. The number of carbonyl (C=O) groups excluding carboxylic acids is 1. The van der Waals surface area contributed by atoms with Crippen LogP contribution in [0.1, 0.15) is 12.8 Å². The first kappa shape index (κ1) is 12.8. The van der Waals surface area contributed by atoms with Crippen molar-refractivity contribution in [3.05, 3.63) is 0 Å². The molecule has 2 heterocycles. The average molecular weight is 241 g/mol. The Morgan fingerprint density at radius 2 is 2.47 bits per heavy atom. The van der Waals surface area contributed by atoms with Gasteiger partial charge in [0.05, 0.1) is 13.2 Å². The first-order chi connectivity index (χ1) is 8.25. The lowest BCUT2D eigenvalue weighted by Gasteiger charge is -2.23. The molecule has 2 aliphatic rings. The number of likely N-dealkylation sites (tertiary alicyclic amines) is 1. The fourth-order valence-electron chi connectivity index (χ4n) is 2.52. The van der Waals surface area contributed by atoms with Crippen molar-refractivity contribution in [3.63, 3.8) is 0 Å². The molecule has 98 valence electrons. The van der Waals surface area contributed by atoms with Crippen LogP contribution in [0.4, 0.5) is 0 Å². The standard InChI is InChI=1S/C12H23N3O2/c1-15-6-3-10(8-15)2-4-14-12(16)11-9-17-7-5-13-11/h10-11,13H,2-9H2,1H3,(H,14,16). The summed E-state index contributed by atoms with van der Waals surface area (Å²) in [5, 5.41) is 6.15. The summed E-state index contributed by atoms with van der Waals surface area (Å²) >= 11 is 0. The van der Waals surface area contributed by atoms with Crippen LogP contribution in [0.25, 0.3) is 0 Å². The first-order valence-electron chi connectivity index (χ1n) is 6.53. The van der Waals surface area contributed by atoms with Crippen LogP contribution in [0.2, 0.25) is 0 Å². The molecule has 0 radical (unpaired) electrons. The van der Waals surface area contributed by atoms with E-state index in [1.54, 1.807) is 0 Å². The van der Waals surface area contributed by atoms with E-state index in [1.807, 2.05) is 0 Å². The minimum Gasteiger partial charge on any atom is -0.378 e. The Balaban J connectivity index is 1.59. The Kier molecular flexibility index (Phi) is 4.76. The number of hydrogen-bond acceptors (Lipinski definition) is 4. The third-order valence-electron chi connectivity index (χ3n) is 3.58. The highest BCUT2D eigenvalue weighted by molar-refractivity contribution is 5.81. The number of carbonyl (C=O) groups is 1. The summed E-state index contributed by atoms with van der Waals surface area (Å²) < 4.78 is 5.27. The van der Waals surface area contributed by atoms with Gasteiger partial charge in [-0.25, -0.2) is 0 Å². The topological polar surface area (TPSA) is 53.6 Å². The molecule has 0 aromatic heterocycles. The Morgan fingerprint density at radius 3 is 3.12 bits per heavy atom. The number of nitrogens with one attached hydrogen (secondary N) is 2. The maximum atomic E-state index is 11.8. The highest BCUT2D eigenvalue weighted by atomic mass is 16.5. The molecular formula is C12H23N3O2. The quantitative estimate of drug-likeness (QED) is 0.692. The van der Waals surface area contributed by atoms with E-state index in [2.05, 4.69) is 22.6 Å². The number of nitrogens with zero attached hydrogens (tertiary/aromatic N) is 1. The highest BCUT2D eigenvalue weighted by Gasteiger charge is 2.22. The van der Waals surface area contributed by atoms with Gasteiger partial charge >= 0.3 is 0 Å². The predicted molar refractivity (Wildman–Crippen MR) is 65.8 cm³/mol. The zero-order valence-electron chi connectivity index (χ0n) is 10.6. The monoisotopic (exact) mass is 241 g/mol. The fraction of sp³-hybridized carbons (Fsp3) is 0.917. The number of ether oxygens (including phenoxy) is 1. The normalized spacial score (nSPS) is 30.4. The lowest BCUT2D eigenvalue weighted by Crippen LogP contribution is -2.51. The summed E-state index contributed by atoms with van der Waals surface area (Å²) in [5.41, 5.74) is 0. The predicted octanol–water partition coefficient (Wildman–Crippen LogP) is -0.567. The maximum Gasteiger partial charge on any atom is 0.239 e. The van der Waals surface area contributed by atoms with Crippen molar-refractivity contribution in [2.24, 2.45) is 5.92 Å². The lowest BCUT2D eigenvalue weighted by molar-refractivity contribution is -0.125. The maximum absolute atomic E-state index is 11.8. The van der Waals surface area contributed by atoms with Crippen molar-refractivity contribution in [3.8, 4) is 0 Å². The Morgan fingerprint density at radius 1 is 1.59 bits per heavy atom. The average Bonchev–Trinajstić information content (AvgIpc) is 2.76. The summed E-state index contributed by atoms with van der Waals surface area (Å²) in [5.74, 6) is 0.826.